The Balaban J connectivity index is 2.21. The van der Waals surface area contributed by atoms with E-state index in [4.69, 9.17) is 5.26 Å². The van der Waals surface area contributed by atoms with Gasteiger partial charge in [-0.15, -0.1) is 0 Å². The highest BCUT2D eigenvalue weighted by Gasteiger charge is 2.31. The van der Waals surface area contributed by atoms with E-state index in [0.717, 1.165) is 12.8 Å². The third kappa shape index (κ3) is 3.25. The van der Waals surface area contributed by atoms with Gasteiger partial charge in [0, 0.05) is 12.1 Å². The molecule has 8 nitrogen and oxygen atoms in total. The van der Waals surface area contributed by atoms with E-state index in [1.54, 1.807) is 6.07 Å². The van der Waals surface area contributed by atoms with Gasteiger partial charge in [-0.2, -0.15) is 5.26 Å². The minimum absolute atomic E-state index is 0.281. The molecule has 1 aromatic rings. The normalized spacial score (nSPS) is 21.3. The highest BCUT2D eigenvalue weighted by atomic mass is 16.6. The average molecular weight is 290 g/mol. The molecule has 2 rings (SSSR count). The van der Waals surface area contributed by atoms with Crippen LogP contribution in [0.4, 0.5) is 11.5 Å². The van der Waals surface area contributed by atoms with E-state index in [1.807, 2.05) is 0 Å². The first-order chi connectivity index (χ1) is 10.0. The van der Waals surface area contributed by atoms with Crippen LogP contribution in [-0.2, 0) is 4.79 Å². The second-order valence-electron chi connectivity index (χ2n) is 4.91. The molecule has 1 aliphatic carbocycles. The van der Waals surface area contributed by atoms with Crippen molar-refractivity contribution in [1.29, 1.82) is 5.26 Å². The largest absolute Gasteiger partial charge is 0.481 e. The van der Waals surface area contributed by atoms with Crippen molar-refractivity contribution >= 4 is 17.5 Å². The maximum Gasteiger partial charge on any atom is 0.308 e. The van der Waals surface area contributed by atoms with E-state index in [9.17, 15) is 20.0 Å². The molecule has 0 bridgehead atoms. The smallest absolute Gasteiger partial charge is 0.308 e. The van der Waals surface area contributed by atoms with Gasteiger partial charge >= 0.3 is 11.7 Å². The zero-order valence-electron chi connectivity index (χ0n) is 11.2. The number of nitro groups is 1. The molecule has 0 amide bonds. The van der Waals surface area contributed by atoms with Crippen LogP contribution in [0.5, 0.6) is 0 Å². The standard InChI is InChI=1S/C13H14N4O4/c14-7-10-11(17(20)21)5-6-12(16-10)15-9-4-2-1-3-8(9)13(18)19/h5-6,8-9H,1-4H2,(H,15,16)(H,18,19). The number of nitrogens with zero attached hydrogens (tertiary/aromatic N) is 3. The Morgan fingerprint density at radius 1 is 1.48 bits per heavy atom. The van der Waals surface area contributed by atoms with Crippen molar-refractivity contribution < 1.29 is 14.8 Å². The highest BCUT2D eigenvalue weighted by molar-refractivity contribution is 5.71. The SMILES string of the molecule is N#Cc1nc(NC2CCCCC2C(=O)O)ccc1[N+](=O)[O-]. The fraction of sp³-hybridized carbons (Fsp3) is 0.462. The Morgan fingerprint density at radius 2 is 2.19 bits per heavy atom. The van der Waals surface area contributed by atoms with Gasteiger partial charge in [-0.25, -0.2) is 4.98 Å². The van der Waals surface area contributed by atoms with Crippen LogP contribution in [0, 0.1) is 27.4 Å². The number of anilines is 1. The van der Waals surface area contributed by atoms with Crippen LogP contribution < -0.4 is 5.32 Å². The van der Waals surface area contributed by atoms with E-state index in [0.29, 0.717) is 12.8 Å². The van der Waals surface area contributed by atoms with Crippen LogP contribution in [0.15, 0.2) is 12.1 Å². The molecule has 21 heavy (non-hydrogen) atoms. The monoisotopic (exact) mass is 290 g/mol. The van der Waals surface area contributed by atoms with E-state index in [-0.39, 0.29) is 23.2 Å². The van der Waals surface area contributed by atoms with E-state index >= 15 is 0 Å². The number of hydrogen-bond acceptors (Lipinski definition) is 6. The van der Waals surface area contributed by atoms with Gasteiger partial charge in [0.2, 0.25) is 5.69 Å². The molecule has 1 saturated carbocycles. The summed E-state index contributed by atoms with van der Waals surface area (Å²) in [5.41, 5.74) is -0.644. The lowest BCUT2D eigenvalue weighted by atomic mass is 9.84. The van der Waals surface area contributed by atoms with E-state index in [2.05, 4.69) is 10.3 Å². The lowest BCUT2D eigenvalue weighted by Crippen LogP contribution is -2.37. The van der Waals surface area contributed by atoms with E-state index < -0.39 is 16.8 Å². The van der Waals surface area contributed by atoms with Crippen molar-refractivity contribution in [3.63, 3.8) is 0 Å². The van der Waals surface area contributed by atoms with Gasteiger partial charge in [0.05, 0.1) is 10.8 Å². The lowest BCUT2D eigenvalue weighted by molar-refractivity contribution is -0.385. The molecule has 2 N–H and O–H groups in total. The number of carboxylic acid groups (broad SMARTS) is 1. The quantitative estimate of drug-likeness (QED) is 0.640. The molecule has 1 heterocycles. The van der Waals surface area contributed by atoms with Gasteiger partial charge in [-0.1, -0.05) is 12.8 Å². The maximum atomic E-state index is 11.2. The predicted molar refractivity (Wildman–Crippen MR) is 72.6 cm³/mol. The molecular weight excluding hydrogens is 276 g/mol. The summed E-state index contributed by atoms with van der Waals surface area (Å²) in [5, 5.41) is 31.8. The third-order valence-corrected chi connectivity index (χ3v) is 3.59. The Morgan fingerprint density at radius 3 is 2.81 bits per heavy atom. The third-order valence-electron chi connectivity index (χ3n) is 3.59. The van der Waals surface area contributed by atoms with Crippen LogP contribution >= 0.6 is 0 Å². The van der Waals surface area contributed by atoms with Crippen molar-refractivity contribution in [2.75, 3.05) is 5.32 Å². The first-order valence-corrected chi connectivity index (χ1v) is 6.58. The Bertz CT molecular complexity index is 611. The van der Waals surface area contributed by atoms with Crippen LogP contribution in [0.25, 0.3) is 0 Å². The topological polar surface area (TPSA) is 129 Å². The number of nitrogens with one attached hydrogen (secondary N) is 1. The molecular formula is C13H14N4O4. The van der Waals surface area contributed by atoms with Gasteiger partial charge in [-0.05, 0) is 18.9 Å². The van der Waals surface area contributed by atoms with Crippen LogP contribution in [0.1, 0.15) is 31.4 Å². The average Bonchev–Trinajstić information content (AvgIpc) is 2.47. The minimum atomic E-state index is -0.866. The number of carbonyl (C=O) groups is 1. The molecule has 0 aromatic carbocycles. The zero-order valence-corrected chi connectivity index (χ0v) is 11.2. The number of aliphatic carboxylic acids is 1. The number of hydrogen-bond donors (Lipinski definition) is 2. The molecule has 1 fully saturated rings. The zero-order chi connectivity index (χ0) is 15.4. The number of pyridine rings is 1. The first kappa shape index (κ1) is 14.7. The fourth-order valence-corrected chi connectivity index (χ4v) is 2.55. The molecule has 1 aliphatic rings. The molecule has 8 heteroatoms. The summed E-state index contributed by atoms with van der Waals surface area (Å²) in [7, 11) is 0. The van der Waals surface area contributed by atoms with Crippen LogP contribution in [-0.4, -0.2) is 27.0 Å². The maximum absolute atomic E-state index is 11.2. The van der Waals surface area contributed by atoms with Crippen molar-refractivity contribution in [3.8, 4) is 6.07 Å². The molecule has 0 radical (unpaired) electrons. The minimum Gasteiger partial charge on any atom is -0.481 e. The summed E-state index contributed by atoms with van der Waals surface area (Å²) in [5.74, 6) is -1.09. The van der Waals surface area contributed by atoms with Gasteiger partial charge in [-0.3, -0.25) is 14.9 Å². The number of aromatic nitrogens is 1. The Kier molecular flexibility index (Phi) is 4.33. The van der Waals surface area contributed by atoms with Crippen molar-refractivity contribution in [2.45, 2.75) is 31.7 Å². The Hall–Kier alpha value is -2.69. The van der Waals surface area contributed by atoms with Gasteiger partial charge in [0.25, 0.3) is 0 Å². The molecule has 2 atom stereocenters. The molecule has 0 saturated heterocycles. The number of rotatable bonds is 4. The number of carboxylic acids is 1. The summed E-state index contributed by atoms with van der Waals surface area (Å²) in [6.45, 7) is 0. The summed E-state index contributed by atoms with van der Waals surface area (Å²) < 4.78 is 0. The molecule has 2 unspecified atom stereocenters. The molecule has 110 valence electrons. The van der Waals surface area contributed by atoms with Gasteiger partial charge in [0.1, 0.15) is 11.9 Å². The van der Waals surface area contributed by atoms with Gasteiger partial charge in [0.15, 0.2) is 0 Å². The first-order valence-electron chi connectivity index (χ1n) is 6.58. The molecule has 0 spiro atoms. The lowest BCUT2D eigenvalue weighted by Gasteiger charge is -2.29. The highest BCUT2D eigenvalue weighted by Crippen LogP contribution is 2.28. The van der Waals surface area contributed by atoms with Crippen molar-refractivity contribution in [1.82, 2.24) is 4.98 Å². The predicted octanol–water partition coefficient (Wildman–Crippen LogP) is 1.92. The van der Waals surface area contributed by atoms with Crippen LogP contribution in [0.3, 0.4) is 0 Å². The summed E-state index contributed by atoms with van der Waals surface area (Å²) >= 11 is 0. The summed E-state index contributed by atoms with van der Waals surface area (Å²) in [6.07, 6.45) is 3.06. The Labute approximate surface area is 120 Å². The van der Waals surface area contributed by atoms with Gasteiger partial charge < -0.3 is 10.4 Å². The fourth-order valence-electron chi connectivity index (χ4n) is 2.55. The molecule has 1 aromatic heterocycles. The van der Waals surface area contributed by atoms with Crippen molar-refractivity contribution in [3.05, 3.63) is 27.9 Å². The summed E-state index contributed by atoms with van der Waals surface area (Å²) in [4.78, 5) is 25.2. The van der Waals surface area contributed by atoms with E-state index in [1.165, 1.54) is 12.1 Å². The second-order valence-corrected chi connectivity index (χ2v) is 4.91. The molecule has 0 aliphatic heterocycles. The number of nitriles is 1. The second kappa shape index (κ2) is 6.17. The van der Waals surface area contributed by atoms with Crippen molar-refractivity contribution in [2.24, 2.45) is 5.92 Å². The van der Waals surface area contributed by atoms with Crippen LogP contribution in [0.2, 0.25) is 0 Å². The summed E-state index contributed by atoms with van der Waals surface area (Å²) in [6, 6.07) is 3.99.